The summed E-state index contributed by atoms with van der Waals surface area (Å²) in [6.45, 7) is 0.869. The van der Waals surface area contributed by atoms with Crippen molar-refractivity contribution in [3.8, 4) is 11.5 Å². The SMILES string of the molecule is FC(F)C(Cl)c1cc2c(cc1Br)OCCO2. The molecule has 0 aromatic heterocycles. The predicted molar refractivity (Wildman–Crippen MR) is 59.7 cm³/mol. The van der Waals surface area contributed by atoms with E-state index in [-0.39, 0.29) is 0 Å². The van der Waals surface area contributed by atoms with Crippen molar-refractivity contribution in [3.63, 3.8) is 0 Å². The Morgan fingerprint density at radius 2 is 1.75 bits per heavy atom. The van der Waals surface area contributed by atoms with Gasteiger partial charge >= 0.3 is 0 Å². The molecule has 0 spiro atoms. The van der Waals surface area contributed by atoms with E-state index in [1.54, 1.807) is 6.07 Å². The number of alkyl halides is 3. The van der Waals surface area contributed by atoms with Crippen LogP contribution >= 0.6 is 27.5 Å². The Morgan fingerprint density at radius 1 is 1.19 bits per heavy atom. The molecule has 2 rings (SSSR count). The van der Waals surface area contributed by atoms with E-state index in [1.807, 2.05) is 0 Å². The van der Waals surface area contributed by atoms with Gasteiger partial charge in [0.1, 0.15) is 18.6 Å². The highest BCUT2D eigenvalue weighted by Gasteiger charge is 2.25. The predicted octanol–water partition coefficient (Wildman–Crippen LogP) is 3.77. The van der Waals surface area contributed by atoms with E-state index in [2.05, 4.69) is 15.9 Å². The molecule has 0 bridgehead atoms. The molecule has 0 amide bonds. The molecule has 0 radical (unpaired) electrons. The normalized spacial score (nSPS) is 16.3. The third kappa shape index (κ3) is 2.25. The molecule has 0 saturated heterocycles. The number of benzene rings is 1. The van der Waals surface area contributed by atoms with Gasteiger partial charge in [0.2, 0.25) is 0 Å². The molecule has 1 atom stereocenters. The highest BCUT2D eigenvalue weighted by atomic mass is 79.9. The van der Waals surface area contributed by atoms with Crippen LogP contribution in [0.5, 0.6) is 11.5 Å². The highest BCUT2D eigenvalue weighted by molar-refractivity contribution is 9.10. The largest absolute Gasteiger partial charge is 0.486 e. The first kappa shape index (κ1) is 11.9. The van der Waals surface area contributed by atoms with Crippen molar-refractivity contribution < 1.29 is 18.3 Å². The second-order valence-corrected chi connectivity index (χ2v) is 4.58. The van der Waals surface area contributed by atoms with Crippen LogP contribution in [0, 0.1) is 0 Å². The fourth-order valence-corrected chi connectivity index (χ4v) is 2.31. The summed E-state index contributed by atoms with van der Waals surface area (Å²) in [4.78, 5) is 0. The van der Waals surface area contributed by atoms with Crippen LogP contribution in [0.2, 0.25) is 0 Å². The number of fused-ring (bicyclic) bond motifs is 1. The Morgan fingerprint density at radius 3 is 2.31 bits per heavy atom. The van der Waals surface area contributed by atoms with Gasteiger partial charge in [-0.15, -0.1) is 11.6 Å². The number of hydrogen-bond acceptors (Lipinski definition) is 2. The molecular formula is C10H8BrClF2O2. The Labute approximate surface area is 105 Å². The summed E-state index contributed by atoms with van der Waals surface area (Å²) in [7, 11) is 0. The second kappa shape index (κ2) is 4.75. The molecular weight excluding hydrogens is 305 g/mol. The van der Waals surface area contributed by atoms with Crippen LogP contribution in [-0.4, -0.2) is 19.6 Å². The Hall–Kier alpha value is -0.550. The average Bonchev–Trinajstić information content (AvgIpc) is 2.27. The first-order valence-corrected chi connectivity index (χ1v) is 5.84. The summed E-state index contributed by atoms with van der Waals surface area (Å²) in [5.41, 5.74) is 0.306. The summed E-state index contributed by atoms with van der Waals surface area (Å²) < 4.78 is 36.1. The average molecular weight is 314 g/mol. The van der Waals surface area contributed by atoms with E-state index < -0.39 is 11.8 Å². The standard InChI is InChI=1S/C10H8BrClF2O2/c11-6-4-8-7(15-1-2-16-8)3-5(6)9(12)10(13)14/h3-4,9-10H,1-2H2. The van der Waals surface area contributed by atoms with Gasteiger partial charge in [0.15, 0.2) is 11.5 Å². The molecule has 1 aliphatic heterocycles. The van der Waals surface area contributed by atoms with Gasteiger partial charge in [0.25, 0.3) is 6.43 Å². The molecule has 88 valence electrons. The number of rotatable bonds is 2. The van der Waals surface area contributed by atoms with Gasteiger partial charge in [-0.25, -0.2) is 8.78 Å². The van der Waals surface area contributed by atoms with Crippen LogP contribution in [0.1, 0.15) is 10.9 Å². The lowest BCUT2D eigenvalue weighted by Gasteiger charge is -2.21. The maximum Gasteiger partial charge on any atom is 0.258 e. The molecule has 0 aliphatic carbocycles. The minimum atomic E-state index is -2.62. The van der Waals surface area contributed by atoms with E-state index in [1.165, 1.54) is 6.07 Å². The molecule has 1 unspecified atom stereocenters. The summed E-state index contributed by atoms with van der Waals surface area (Å²) in [5.74, 6) is 0.996. The van der Waals surface area contributed by atoms with E-state index in [4.69, 9.17) is 21.1 Å². The van der Waals surface area contributed by atoms with Crippen molar-refractivity contribution in [1.29, 1.82) is 0 Å². The third-order valence-electron chi connectivity index (χ3n) is 2.18. The maximum atomic E-state index is 12.5. The van der Waals surface area contributed by atoms with Gasteiger partial charge in [-0.05, 0) is 17.7 Å². The fourth-order valence-electron chi connectivity index (χ4n) is 1.43. The van der Waals surface area contributed by atoms with Gasteiger partial charge in [-0.3, -0.25) is 0 Å². The zero-order valence-corrected chi connectivity index (χ0v) is 10.4. The lowest BCUT2D eigenvalue weighted by molar-refractivity contribution is 0.141. The summed E-state index contributed by atoms with van der Waals surface area (Å²) in [6.07, 6.45) is -2.62. The van der Waals surface area contributed by atoms with Crippen LogP contribution in [0.4, 0.5) is 8.78 Å². The van der Waals surface area contributed by atoms with Crippen LogP contribution in [0.15, 0.2) is 16.6 Å². The lowest BCUT2D eigenvalue weighted by Crippen LogP contribution is -2.16. The van der Waals surface area contributed by atoms with Crippen molar-refractivity contribution in [1.82, 2.24) is 0 Å². The Bertz CT molecular complexity index is 401. The van der Waals surface area contributed by atoms with Crippen LogP contribution in [-0.2, 0) is 0 Å². The van der Waals surface area contributed by atoms with Gasteiger partial charge in [0, 0.05) is 4.47 Å². The van der Waals surface area contributed by atoms with Gasteiger partial charge in [0.05, 0.1) is 0 Å². The fraction of sp³-hybridized carbons (Fsp3) is 0.400. The van der Waals surface area contributed by atoms with Crippen LogP contribution < -0.4 is 9.47 Å². The molecule has 0 fully saturated rings. The molecule has 1 aliphatic rings. The Balaban J connectivity index is 2.39. The van der Waals surface area contributed by atoms with Gasteiger partial charge < -0.3 is 9.47 Å². The third-order valence-corrected chi connectivity index (χ3v) is 3.29. The van der Waals surface area contributed by atoms with Crippen LogP contribution in [0.3, 0.4) is 0 Å². The molecule has 1 aromatic carbocycles. The quantitative estimate of drug-likeness (QED) is 0.774. The molecule has 1 heterocycles. The summed E-state index contributed by atoms with van der Waals surface area (Å²) >= 11 is 8.80. The smallest absolute Gasteiger partial charge is 0.258 e. The Kier molecular flexibility index (Phi) is 3.54. The highest BCUT2D eigenvalue weighted by Crippen LogP contribution is 2.41. The number of hydrogen-bond donors (Lipinski definition) is 0. The van der Waals surface area contributed by atoms with Gasteiger partial charge in [-0.1, -0.05) is 15.9 Å². The first-order valence-electron chi connectivity index (χ1n) is 4.61. The van der Waals surface area contributed by atoms with Crippen molar-refractivity contribution in [2.45, 2.75) is 11.8 Å². The lowest BCUT2D eigenvalue weighted by atomic mass is 10.1. The summed E-state index contributed by atoms with van der Waals surface area (Å²) in [6, 6.07) is 3.09. The van der Waals surface area contributed by atoms with Crippen molar-refractivity contribution >= 4 is 27.5 Å². The second-order valence-electron chi connectivity index (χ2n) is 3.25. The minimum Gasteiger partial charge on any atom is -0.486 e. The van der Waals surface area contributed by atoms with E-state index in [9.17, 15) is 8.78 Å². The van der Waals surface area contributed by atoms with Gasteiger partial charge in [-0.2, -0.15) is 0 Å². The van der Waals surface area contributed by atoms with E-state index >= 15 is 0 Å². The number of halogens is 4. The zero-order valence-electron chi connectivity index (χ0n) is 8.05. The van der Waals surface area contributed by atoms with Crippen molar-refractivity contribution in [2.24, 2.45) is 0 Å². The molecule has 0 saturated carbocycles. The first-order chi connectivity index (χ1) is 7.59. The molecule has 6 heteroatoms. The molecule has 16 heavy (non-hydrogen) atoms. The topological polar surface area (TPSA) is 18.5 Å². The molecule has 2 nitrogen and oxygen atoms in total. The molecule has 0 N–H and O–H groups in total. The maximum absolute atomic E-state index is 12.5. The van der Waals surface area contributed by atoms with Crippen molar-refractivity contribution in [2.75, 3.05) is 13.2 Å². The van der Waals surface area contributed by atoms with E-state index in [0.717, 1.165) is 0 Å². The summed E-state index contributed by atoms with van der Waals surface area (Å²) in [5, 5.41) is -1.36. The monoisotopic (exact) mass is 312 g/mol. The number of ether oxygens (including phenoxy) is 2. The van der Waals surface area contributed by atoms with E-state index in [0.29, 0.717) is 34.7 Å². The molecule has 1 aromatic rings. The zero-order chi connectivity index (χ0) is 11.7. The van der Waals surface area contributed by atoms with Crippen molar-refractivity contribution in [3.05, 3.63) is 22.2 Å². The minimum absolute atomic E-state index is 0.306. The van der Waals surface area contributed by atoms with Crippen LogP contribution in [0.25, 0.3) is 0 Å².